The highest BCUT2D eigenvalue weighted by Gasteiger charge is 2.35. The normalized spacial score (nSPS) is 17.9. The maximum atomic E-state index is 12.4. The summed E-state index contributed by atoms with van der Waals surface area (Å²) in [7, 11) is 0. The zero-order valence-corrected chi connectivity index (χ0v) is 23.5. The molecule has 1 amide bonds. The first-order valence-corrected chi connectivity index (χ1v) is 13.2. The lowest BCUT2D eigenvalue weighted by molar-refractivity contribution is -0.128. The average molecular weight is 468 g/mol. The van der Waals surface area contributed by atoms with Crippen LogP contribution in [-0.2, 0) is 9.53 Å². The molecule has 0 radical (unpaired) electrons. The van der Waals surface area contributed by atoms with Gasteiger partial charge in [0.15, 0.2) is 0 Å². The highest BCUT2D eigenvalue weighted by molar-refractivity contribution is 6.54. The summed E-state index contributed by atoms with van der Waals surface area (Å²) in [6, 6.07) is 0. The zero-order chi connectivity index (χ0) is 25.4. The van der Waals surface area contributed by atoms with Crippen molar-refractivity contribution < 1.29 is 14.6 Å². The van der Waals surface area contributed by atoms with Crippen LogP contribution in [0.2, 0.25) is 13.1 Å². The Balaban J connectivity index is 2.52. The Bertz CT molecular complexity index is 587. The number of hydrogen-bond donors (Lipinski definition) is 2. The third kappa shape index (κ3) is 10.3. The number of piperazine rings is 1. The molecule has 0 aromatic heterocycles. The summed E-state index contributed by atoms with van der Waals surface area (Å²) in [5.41, 5.74) is -0.0273. The minimum atomic E-state index is -0.328. The molecule has 1 heterocycles. The monoisotopic (exact) mass is 467 g/mol. The molecular formula is C26H54BN3O3. The smallest absolute Gasteiger partial charge is 0.225 e. The van der Waals surface area contributed by atoms with Crippen LogP contribution in [-0.4, -0.2) is 84.6 Å². The number of rotatable bonds is 14. The number of nitrogens with zero attached hydrogens (tertiary/aromatic N) is 2. The summed E-state index contributed by atoms with van der Waals surface area (Å²) in [6.45, 7) is 27.9. The highest BCUT2D eigenvalue weighted by atomic mass is 16.5. The van der Waals surface area contributed by atoms with E-state index in [0.717, 1.165) is 51.9 Å². The number of carbonyl (C=O) groups excluding carboxylic acids is 1. The quantitative estimate of drug-likeness (QED) is 0.378. The number of carbonyl (C=O) groups is 1. The molecule has 7 heteroatoms. The van der Waals surface area contributed by atoms with Crippen LogP contribution in [0.25, 0.3) is 0 Å². The fourth-order valence-corrected chi connectivity index (χ4v) is 4.96. The van der Waals surface area contributed by atoms with Crippen LogP contribution >= 0.6 is 0 Å². The van der Waals surface area contributed by atoms with Crippen molar-refractivity contribution in [2.75, 3.05) is 45.9 Å². The molecule has 1 aliphatic rings. The number of aliphatic hydroxyl groups excluding tert-OH is 1. The fraction of sp³-hybridized carbons (Fsp3) is 0.962. The van der Waals surface area contributed by atoms with E-state index in [2.05, 4.69) is 70.3 Å². The largest absolute Gasteiger partial charge is 0.396 e. The second kappa shape index (κ2) is 12.9. The van der Waals surface area contributed by atoms with Crippen molar-refractivity contribution in [3.8, 4) is 0 Å². The van der Waals surface area contributed by atoms with Gasteiger partial charge in [-0.25, -0.2) is 0 Å². The standard InChI is InChI=1S/C26H54BN3O3/c1-11-12-26(8,9)33-20-25(6,7)29-13-15-30(16-14-29)27(10)18-24(4,5)19-28-23(32)22(17-31)21(2)3/h21-22,31H,11-20H2,1-10H3,(H,28,32). The van der Waals surface area contributed by atoms with Crippen LogP contribution in [0.4, 0.5) is 0 Å². The molecular weight excluding hydrogens is 413 g/mol. The lowest BCUT2D eigenvalue weighted by atomic mass is 9.53. The van der Waals surface area contributed by atoms with E-state index in [1.807, 2.05) is 13.8 Å². The predicted octanol–water partition coefficient (Wildman–Crippen LogP) is 4.01. The molecule has 0 saturated carbocycles. The predicted molar refractivity (Wildman–Crippen MR) is 141 cm³/mol. The molecule has 0 aliphatic carbocycles. The second-order valence-corrected chi connectivity index (χ2v) is 12.6. The van der Waals surface area contributed by atoms with Gasteiger partial charge in [0.05, 0.1) is 24.7 Å². The van der Waals surface area contributed by atoms with Crippen LogP contribution in [0, 0.1) is 17.3 Å². The molecule has 0 bridgehead atoms. The number of hydrogen-bond acceptors (Lipinski definition) is 5. The Kier molecular flexibility index (Phi) is 11.9. The van der Waals surface area contributed by atoms with E-state index in [-0.39, 0.29) is 40.9 Å². The molecule has 1 atom stereocenters. The van der Waals surface area contributed by atoms with Gasteiger partial charge in [0.25, 0.3) is 0 Å². The van der Waals surface area contributed by atoms with Crippen LogP contribution in [0.5, 0.6) is 0 Å². The first-order chi connectivity index (χ1) is 15.1. The lowest BCUT2D eigenvalue weighted by Crippen LogP contribution is -2.59. The first-order valence-electron chi connectivity index (χ1n) is 13.2. The Morgan fingerprint density at radius 1 is 1.09 bits per heavy atom. The topological polar surface area (TPSA) is 65.0 Å². The summed E-state index contributed by atoms with van der Waals surface area (Å²) >= 11 is 0. The van der Waals surface area contributed by atoms with Crippen LogP contribution < -0.4 is 5.32 Å². The van der Waals surface area contributed by atoms with E-state index in [4.69, 9.17) is 4.74 Å². The molecule has 1 saturated heterocycles. The minimum absolute atomic E-state index is 0.00116. The molecule has 1 unspecified atom stereocenters. The van der Waals surface area contributed by atoms with E-state index in [9.17, 15) is 9.90 Å². The van der Waals surface area contributed by atoms with E-state index in [0.29, 0.717) is 13.4 Å². The maximum Gasteiger partial charge on any atom is 0.225 e. The third-order valence-electron chi connectivity index (χ3n) is 7.39. The molecule has 6 nitrogen and oxygen atoms in total. The van der Waals surface area contributed by atoms with E-state index in [1.54, 1.807) is 0 Å². The minimum Gasteiger partial charge on any atom is -0.396 e. The average Bonchev–Trinajstić information content (AvgIpc) is 2.71. The van der Waals surface area contributed by atoms with Gasteiger partial charge in [-0.05, 0) is 45.4 Å². The van der Waals surface area contributed by atoms with E-state index in [1.165, 1.54) is 0 Å². The zero-order valence-electron chi connectivity index (χ0n) is 23.5. The van der Waals surface area contributed by atoms with Gasteiger partial charge in [-0.15, -0.1) is 0 Å². The summed E-state index contributed by atoms with van der Waals surface area (Å²) in [5.74, 6) is -0.222. The Labute approximate surface area is 205 Å². The molecule has 0 spiro atoms. The van der Waals surface area contributed by atoms with Gasteiger partial charge in [0, 0.05) is 38.3 Å². The molecule has 2 N–H and O–H groups in total. The fourth-order valence-electron chi connectivity index (χ4n) is 4.96. The van der Waals surface area contributed by atoms with Crippen molar-refractivity contribution >= 4 is 12.8 Å². The van der Waals surface area contributed by atoms with Gasteiger partial charge in [0.1, 0.15) is 0 Å². The molecule has 0 aromatic carbocycles. The SMILES string of the molecule is CCCC(C)(C)OCC(C)(C)N1CCN(B(C)CC(C)(C)CNC(=O)C(CO)C(C)C)CC1. The summed E-state index contributed by atoms with van der Waals surface area (Å²) in [5, 5.41) is 12.6. The van der Waals surface area contributed by atoms with Gasteiger partial charge in [-0.2, -0.15) is 0 Å². The Morgan fingerprint density at radius 3 is 2.15 bits per heavy atom. The third-order valence-corrected chi connectivity index (χ3v) is 7.39. The summed E-state index contributed by atoms with van der Waals surface area (Å²) in [6.07, 6.45) is 3.25. The van der Waals surface area contributed by atoms with Crippen molar-refractivity contribution in [2.24, 2.45) is 17.3 Å². The van der Waals surface area contributed by atoms with Crippen molar-refractivity contribution in [1.29, 1.82) is 0 Å². The molecule has 1 rings (SSSR count). The van der Waals surface area contributed by atoms with Crippen molar-refractivity contribution in [3.63, 3.8) is 0 Å². The van der Waals surface area contributed by atoms with Crippen LogP contribution in [0.3, 0.4) is 0 Å². The van der Waals surface area contributed by atoms with Crippen molar-refractivity contribution in [3.05, 3.63) is 0 Å². The van der Waals surface area contributed by atoms with Gasteiger partial charge in [-0.1, -0.05) is 54.2 Å². The number of aliphatic hydroxyl groups is 1. The van der Waals surface area contributed by atoms with Crippen molar-refractivity contribution in [1.82, 2.24) is 15.0 Å². The van der Waals surface area contributed by atoms with Crippen molar-refractivity contribution in [2.45, 2.75) is 99.4 Å². The van der Waals surface area contributed by atoms with Crippen LogP contribution in [0.1, 0.15) is 75.2 Å². The molecule has 1 fully saturated rings. The molecule has 194 valence electrons. The summed E-state index contributed by atoms with van der Waals surface area (Å²) in [4.78, 5) is 17.6. The van der Waals surface area contributed by atoms with Gasteiger partial charge < -0.3 is 20.0 Å². The number of amides is 1. The van der Waals surface area contributed by atoms with Gasteiger partial charge in [0.2, 0.25) is 12.8 Å². The second-order valence-electron chi connectivity index (χ2n) is 12.6. The molecule has 33 heavy (non-hydrogen) atoms. The Hall–Kier alpha value is -0.625. The summed E-state index contributed by atoms with van der Waals surface area (Å²) < 4.78 is 6.31. The number of ether oxygens (including phenoxy) is 1. The first kappa shape index (κ1) is 30.4. The molecule has 1 aliphatic heterocycles. The molecule has 0 aromatic rings. The van der Waals surface area contributed by atoms with Gasteiger partial charge in [-0.3, -0.25) is 9.69 Å². The van der Waals surface area contributed by atoms with E-state index >= 15 is 0 Å². The van der Waals surface area contributed by atoms with E-state index < -0.39 is 0 Å². The Morgan fingerprint density at radius 2 is 1.67 bits per heavy atom. The number of nitrogens with one attached hydrogen (secondary N) is 1. The van der Waals surface area contributed by atoms with Crippen LogP contribution in [0.15, 0.2) is 0 Å². The lowest BCUT2D eigenvalue weighted by Gasteiger charge is -2.46. The van der Waals surface area contributed by atoms with Gasteiger partial charge >= 0.3 is 0 Å². The highest BCUT2D eigenvalue weighted by Crippen LogP contribution is 2.27. The maximum absolute atomic E-state index is 12.4.